The van der Waals surface area contributed by atoms with Crippen LogP contribution in [-0.2, 0) is 14.6 Å². The van der Waals surface area contributed by atoms with Crippen LogP contribution < -0.4 is 11.1 Å². The first-order valence-corrected chi connectivity index (χ1v) is 9.40. The number of amides is 1. The van der Waals surface area contributed by atoms with Gasteiger partial charge < -0.3 is 11.1 Å². The van der Waals surface area contributed by atoms with Crippen LogP contribution in [0.15, 0.2) is 24.3 Å². The Hall–Kier alpha value is -1.11. The predicted octanol–water partition coefficient (Wildman–Crippen LogP) is 2.17. The Kier molecular flexibility index (Phi) is 9.42. The molecular formula is C16H27ClN2O3S. The second-order valence-corrected chi connectivity index (χ2v) is 8.01. The van der Waals surface area contributed by atoms with Crippen molar-refractivity contribution in [3.05, 3.63) is 35.4 Å². The van der Waals surface area contributed by atoms with E-state index in [0.29, 0.717) is 12.3 Å². The Morgan fingerprint density at radius 1 is 1.17 bits per heavy atom. The molecule has 0 aliphatic heterocycles. The van der Waals surface area contributed by atoms with Gasteiger partial charge in [-0.2, -0.15) is 0 Å². The van der Waals surface area contributed by atoms with Crippen LogP contribution in [0.1, 0.15) is 50.3 Å². The van der Waals surface area contributed by atoms with Gasteiger partial charge in [0.05, 0.1) is 5.75 Å². The fourth-order valence-corrected chi connectivity index (χ4v) is 3.37. The van der Waals surface area contributed by atoms with Gasteiger partial charge in [-0.05, 0) is 23.5 Å². The standard InChI is InChI=1S/C16H26N2O3S.ClH/c1-4-9-22(20,21)11-16(19)18-10-15(17)14-7-5-13(6-8-14)12(2)3;/h5-8,12,15H,4,9-11,17H2,1-3H3,(H,18,19);1H. The lowest BCUT2D eigenvalue weighted by atomic mass is 9.99. The van der Waals surface area contributed by atoms with Crippen LogP contribution in [0.2, 0.25) is 0 Å². The van der Waals surface area contributed by atoms with E-state index in [4.69, 9.17) is 5.73 Å². The highest BCUT2D eigenvalue weighted by molar-refractivity contribution is 7.92. The highest BCUT2D eigenvalue weighted by Crippen LogP contribution is 2.17. The fourth-order valence-electron chi connectivity index (χ4n) is 2.10. The van der Waals surface area contributed by atoms with Gasteiger partial charge in [-0.1, -0.05) is 45.0 Å². The van der Waals surface area contributed by atoms with E-state index in [9.17, 15) is 13.2 Å². The second-order valence-electron chi connectivity index (χ2n) is 5.82. The van der Waals surface area contributed by atoms with Crippen LogP contribution in [0.3, 0.4) is 0 Å². The Bertz CT molecular complexity index is 586. The summed E-state index contributed by atoms with van der Waals surface area (Å²) in [6, 6.07) is 7.58. The van der Waals surface area contributed by atoms with Crippen LogP contribution in [0.25, 0.3) is 0 Å². The van der Waals surface area contributed by atoms with Gasteiger partial charge in [0, 0.05) is 12.6 Å². The number of hydrogen-bond acceptors (Lipinski definition) is 4. The molecule has 1 aromatic rings. The van der Waals surface area contributed by atoms with Gasteiger partial charge in [-0.3, -0.25) is 4.79 Å². The van der Waals surface area contributed by atoms with Crippen molar-refractivity contribution in [2.75, 3.05) is 18.1 Å². The Balaban J connectivity index is 0.00000484. The molecule has 0 fully saturated rings. The van der Waals surface area contributed by atoms with Gasteiger partial charge in [0.2, 0.25) is 5.91 Å². The van der Waals surface area contributed by atoms with E-state index in [-0.39, 0.29) is 30.7 Å². The maximum atomic E-state index is 11.7. The number of halogens is 1. The van der Waals surface area contributed by atoms with Crippen molar-refractivity contribution in [3.63, 3.8) is 0 Å². The topological polar surface area (TPSA) is 89.3 Å². The first-order valence-electron chi connectivity index (χ1n) is 7.57. The maximum Gasteiger partial charge on any atom is 0.235 e. The molecule has 0 heterocycles. The third-order valence-corrected chi connectivity index (χ3v) is 5.15. The van der Waals surface area contributed by atoms with Crippen molar-refractivity contribution in [2.24, 2.45) is 5.73 Å². The van der Waals surface area contributed by atoms with Crippen LogP contribution in [0.5, 0.6) is 0 Å². The first kappa shape index (κ1) is 21.9. The summed E-state index contributed by atoms with van der Waals surface area (Å²) in [6.07, 6.45) is 0.511. The minimum absolute atomic E-state index is 0. The lowest BCUT2D eigenvalue weighted by Crippen LogP contribution is -2.36. The molecule has 3 N–H and O–H groups in total. The zero-order valence-corrected chi connectivity index (χ0v) is 15.5. The Morgan fingerprint density at radius 2 is 1.70 bits per heavy atom. The number of sulfone groups is 1. The van der Waals surface area contributed by atoms with Gasteiger partial charge in [0.25, 0.3) is 0 Å². The molecule has 5 nitrogen and oxygen atoms in total. The molecule has 0 aromatic heterocycles. The molecule has 1 amide bonds. The molecule has 0 radical (unpaired) electrons. The van der Waals surface area contributed by atoms with E-state index in [1.54, 1.807) is 6.92 Å². The predicted molar refractivity (Wildman–Crippen MR) is 96.7 cm³/mol. The Morgan fingerprint density at radius 3 is 2.17 bits per heavy atom. The third-order valence-electron chi connectivity index (χ3n) is 3.42. The largest absolute Gasteiger partial charge is 0.353 e. The lowest BCUT2D eigenvalue weighted by molar-refractivity contribution is -0.118. The molecule has 1 rings (SSSR count). The lowest BCUT2D eigenvalue weighted by Gasteiger charge is -2.14. The summed E-state index contributed by atoms with van der Waals surface area (Å²) in [6.45, 7) is 6.23. The summed E-state index contributed by atoms with van der Waals surface area (Å²) >= 11 is 0. The molecule has 0 spiro atoms. The van der Waals surface area contributed by atoms with Crippen molar-refractivity contribution in [1.29, 1.82) is 0 Å². The maximum absolute atomic E-state index is 11.7. The smallest absolute Gasteiger partial charge is 0.235 e. The van der Waals surface area contributed by atoms with Crippen molar-refractivity contribution in [2.45, 2.75) is 39.2 Å². The summed E-state index contributed by atoms with van der Waals surface area (Å²) < 4.78 is 23.1. The second kappa shape index (κ2) is 9.90. The molecule has 1 aromatic carbocycles. The molecule has 132 valence electrons. The number of rotatable bonds is 8. The van der Waals surface area contributed by atoms with Gasteiger partial charge in [-0.25, -0.2) is 8.42 Å². The van der Waals surface area contributed by atoms with E-state index in [0.717, 1.165) is 5.56 Å². The third kappa shape index (κ3) is 7.81. The van der Waals surface area contributed by atoms with Gasteiger partial charge in [0.1, 0.15) is 5.75 Å². The zero-order valence-electron chi connectivity index (χ0n) is 13.9. The number of carbonyl (C=O) groups excluding carboxylic acids is 1. The van der Waals surface area contributed by atoms with Crippen LogP contribution >= 0.6 is 12.4 Å². The van der Waals surface area contributed by atoms with Crippen molar-refractivity contribution < 1.29 is 13.2 Å². The van der Waals surface area contributed by atoms with Gasteiger partial charge in [-0.15, -0.1) is 12.4 Å². The highest BCUT2D eigenvalue weighted by atomic mass is 35.5. The fraction of sp³-hybridized carbons (Fsp3) is 0.562. The molecule has 0 saturated heterocycles. The number of benzene rings is 1. The molecule has 0 aliphatic rings. The molecule has 0 aliphatic carbocycles. The molecular weight excluding hydrogens is 336 g/mol. The number of nitrogens with one attached hydrogen (secondary N) is 1. The zero-order chi connectivity index (χ0) is 16.8. The minimum Gasteiger partial charge on any atom is -0.353 e. The summed E-state index contributed by atoms with van der Waals surface area (Å²) in [5.74, 6) is -0.486. The van der Waals surface area contributed by atoms with Gasteiger partial charge >= 0.3 is 0 Å². The average Bonchev–Trinajstić information content (AvgIpc) is 2.44. The van der Waals surface area contributed by atoms with E-state index in [1.165, 1.54) is 5.56 Å². The van der Waals surface area contributed by atoms with Crippen molar-refractivity contribution >= 4 is 28.2 Å². The molecule has 7 heteroatoms. The minimum atomic E-state index is -3.31. The normalized spacial score (nSPS) is 12.6. The number of nitrogens with two attached hydrogens (primary N) is 1. The van der Waals surface area contributed by atoms with E-state index < -0.39 is 21.5 Å². The average molecular weight is 363 g/mol. The van der Waals surface area contributed by atoms with E-state index in [2.05, 4.69) is 19.2 Å². The van der Waals surface area contributed by atoms with Crippen LogP contribution in [-0.4, -0.2) is 32.4 Å². The highest BCUT2D eigenvalue weighted by Gasteiger charge is 2.16. The summed E-state index contributed by atoms with van der Waals surface area (Å²) in [5, 5.41) is 2.59. The van der Waals surface area contributed by atoms with Crippen molar-refractivity contribution in [3.8, 4) is 0 Å². The summed E-state index contributed by atoms with van der Waals surface area (Å²) in [4.78, 5) is 11.7. The van der Waals surface area contributed by atoms with Gasteiger partial charge in [0.15, 0.2) is 9.84 Å². The first-order chi connectivity index (χ1) is 10.2. The summed E-state index contributed by atoms with van der Waals surface area (Å²) in [7, 11) is -3.31. The molecule has 1 unspecified atom stereocenters. The van der Waals surface area contributed by atoms with Crippen LogP contribution in [0, 0.1) is 0 Å². The van der Waals surface area contributed by atoms with E-state index in [1.807, 2.05) is 24.3 Å². The monoisotopic (exact) mass is 362 g/mol. The van der Waals surface area contributed by atoms with E-state index >= 15 is 0 Å². The molecule has 1 atom stereocenters. The van der Waals surface area contributed by atoms with Crippen molar-refractivity contribution in [1.82, 2.24) is 5.32 Å². The molecule has 0 saturated carbocycles. The number of carbonyl (C=O) groups is 1. The molecule has 23 heavy (non-hydrogen) atoms. The van der Waals surface area contributed by atoms with Crippen LogP contribution in [0.4, 0.5) is 0 Å². The quantitative estimate of drug-likeness (QED) is 0.741. The summed E-state index contributed by atoms with van der Waals surface area (Å²) in [5.41, 5.74) is 8.17. The Labute approximate surface area is 145 Å². The SMILES string of the molecule is CCCS(=O)(=O)CC(=O)NCC(N)c1ccc(C(C)C)cc1.Cl. The molecule has 0 bridgehead atoms. The number of hydrogen-bond donors (Lipinski definition) is 2.